The molecule has 96 valence electrons. The Hall–Kier alpha value is -2.20. The second kappa shape index (κ2) is 4.48. The van der Waals surface area contributed by atoms with E-state index in [4.69, 9.17) is 17.3 Å². The first kappa shape index (κ1) is 11.9. The topological polar surface area (TPSA) is 58.4 Å². The molecule has 0 unspecified atom stereocenters. The number of nitrogens with zero attached hydrogens (tertiary/aromatic N) is 1. The van der Waals surface area contributed by atoms with Crippen molar-refractivity contribution in [2.45, 2.75) is 0 Å². The number of nitrogens with one attached hydrogen (secondary N) is 1. The van der Waals surface area contributed by atoms with Crippen molar-refractivity contribution in [2.75, 3.05) is 22.5 Å². The molecule has 4 nitrogen and oxygen atoms in total. The molecule has 19 heavy (non-hydrogen) atoms. The number of fused-ring (bicyclic) bond motifs is 1. The van der Waals surface area contributed by atoms with E-state index in [2.05, 4.69) is 5.32 Å². The standard InChI is InChI=1S/C14H12ClN3O/c15-9-4-3-5-10(16)14(9)18-8-13(19)17-11-6-1-2-7-12(11)18/h1-7H,8,16H2,(H,17,19). The highest BCUT2D eigenvalue weighted by Gasteiger charge is 2.25. The zero-order valence-corrected chi connectivity index (χ0v) is 10.8. The monoisotopic (exact) mass is 273 g/mol. The van der Waals surface area contributed by atoms with Crippen LogP contribution in [-0.2, 0) is 4.79 Å². The Bertz CT molecular complexity index is 637. The molecule has 1 heterocycles. The maximum atomic E-state index is 11.8. The Morgan fingerprint density at radius 3 is 2.74 bits per heavy atom. The van der Waals surface area contributed by atoms with E-state index in [0.717, 1.165) is 11.4 Å². The van der Waals surface area contributed by atoms with Gasteiger partial charge in [0.25, 0.3) is 0 Å². The summed E-state index contributed by atoms with van der Waals surface area (Å²) in [7, 11) is 0. The van der Waals surface area contributed by atoms with Crippen LogP contribution in [0.1, 0.15) is 0 Å². The van der Waals surface area contributed by atoms with Gasteiger partial charge in [-0.2, -0.15) is 0 Å². The van der Waals surface area contributed by atoms with Crippen molar-refractivity contribution in [1.29, 1.82) is 0 Å². The molecule has 2 aromatic carbocycles. The molecular formula is C14H12ClN3O. The number of halogens is 1. The van der Waals surface area contributed by atoms with E-state index in [0.29, 0.717) is 16.4 Å². The minimum atomic E-state index is -0.0852. The number of para-hydroxylation sites is 3. The summed E-state index contributed by atoms with van der Waals surface area (Å²) in [4.78, 5) is 13.6. The first-order valence-corrected chi connectivity index (χ1v) is 6.25. The second-order valence-electron chi connectivity index (χ2n) is 4.33. The summed E-state index contributed by atoms with van der Waals surface area (Å²) < 4.78 is 0. The minimum absolute atomic E-state index is 0.0852. The Balaban J connectivity index is 2.18. The van der Waals surface area contributed by atoms with Crippen LogP contribution in [0.25, 0.3) is 0 Å². The Kier molecular flexibility index (Phi) is 2.80. The van der Waals surface area contributed by atoms with Gasteiger partial charge >= 0.3 is 0 Å². The normalized spacial score (nSPS) is 13.9. The molecule has 0 saturated heterocycles. The molecule has 0 bridgehead atoms. The Labute approximate surface area is 115 Å². The molecule has 2 aromatic rings. The quantitative estimate of drug-likeness (QED) is 0.785. The van der Waals surface area contributed by atoms with E-state index in [9.17, 15) is 4.79 Å². The fourth-order valence-corrected chi connectivity index (χ4v) is 2.53. The average Bonchev–Trinajstić information content (AvgIpc) is 2.38. The Morgan fingerprint density at radius 2 is 1.95 bits per heavy atom. The molecule has 0 radical (unpaired) electrons. The molecule has 0 saturated carbocycles. The minimum Gasteiger partial charge on any atom is -0.397 e. The van der Waals surface area contributed by atoms with Crippen LogP contribution in [-0.4, -0.2) is 12.5 Å². The maximum Gasteiger partial charge on any atom is 0.244 e. The van der Waals surface area contributed by atoms with Crippen LogP contribution in [0, 0.1) is 0 Å². The number of amides is 1. The molecule has 3 N–H and O–H groups in total. The zero-order chi connectivity index (χ0) is 13.4. The third kappa shape index (κ3) is 2.00. The van der Waals surface area contributed by atoms with E-state index in [1.807, 2.05) is 29.2 Å². The number of rotatable bonds is 1. The molecular weight excluding hydrogens is 262 g/mol. The first-order valence-electron chi connectivity index (χ1n) is 5.87. The third-order valence-electron chi connectivity index (χ3n) is 3.06. The molecule has 5 heteroatoms. The summed E-state index contributed by atoms with van der Waals surface area (Å²) in [6, 6.07) is 12.9. The molecule has 0 fully saturated rings. The van der Waals surface area contributed by atoms with Gasteiger partial charge in [-0.05, 0) is 24.3 Å². The highest BCUT2D eigenvalue weighted by atomic mass is 35.5. The van der Waals surface area contributed by atoms with Gasteiger partial charge in [-0.25, -0.2) is 0 Å². The number of carbonyl (C=O) groups excluding carboxylic acids is 1. The summed E-state index contributed by atoms with van der Waals surface area (Å²) in [5.74, 6) is -0.0852. The summed E-state index contributed by atoms with van der Waals surface area (Å²) in [6.07, 6.45) is 0. The molecule has 0 spiro atoms. The number of anilines is 4. The van der Waals surface area contributed by atoms with Crippen molar-refractivity contribution < 1.29 is 4.79 Å². The predicted octanol–water partition coefficient (Wildman–Crippen LogP) is 3.01. The third-order valence-corrected chi connectivity index (χ3v) is 3.36. The molecule has 1 aliphatic rings. The van der Waals surface area contributed by atoms with Gasteiger partial charge in [0.15, 0.2) is 0 Å². The van der Waals surface area contributed by atoms with Crippen molar-refractivity contribution >= 4 is 40.3 Å². The number of hydrogen-bond donors (Lipinski definition) is 2. The largest absolute Gasteiger partial charge is 0.397 e. The van der Waals surface area contributed by atoms with E-state index >= 15 is 0 Å². The molecule has 1 amide bonds. The fraction of sp³-hybridized carbons (Fsp3) is 0.0714. The van der Waals surface area contributed by atoms with Crippen LogP contribution in [0.4, 0.5) is 22.7 Å². The lowest BCUT2D eigenvalue weighted by atomic mass is 10.1. The van der Waals surface area contributed by atoms with Crippen molar-refractivity contribution in [1.82, 2.24) is 0 Å². The van der Waals surface area contributed by atoms with E-state index in [-0.39, 0.29) is 12.5 Å². The lowest BCUT2D eigenvalue weighted by Crippen LogP contribution is -2.35. The Morgan fingerprint density at radius 1 is 1.16 bits per heavy atom. The average molecular weight is 274 g/mol. The van der Waals surface area contributed by atoms with Gasteiger partial charge in [0.2, 0.25) is 5.91 Å². The lowest BCUT2D eigenvalue weighted by molar-refractivity contribution is -0.115. The number of benzene rings is 2. The van der Waals surface area contributed by atoms with Gasteiger partial charge in [0, 0.05) is 0 Å². The highest BCUT2D eigenvalue weighted by Crippen LogP contribution is 2.41. The number of carbonyl (C=O) groups is 1. The second-order valence-corrected chi connectivity index (χ2v) is 4.74. The van der Waals surface area contributed by atoms with Crippen molar-refractivity contribution in [2.24, 2.45) is 0 Å². The molecule has 0 aliphatic carbocycles. The van der Waals surface area contributed by atoms with Crippen molar-refractivity contribution in [3.8, 4) is 0 Å². The van der Waals surface area contributed by atoms with Gasteiger partial charge in [0.1, 0.15) is 6.54 Å². The summed E-state index contributed by atoms with van der Waals surface area (Å²) >= 11 is 6.22. The number of nitrogen functional groups attached to an aromatic ring is 1. The van der Waals surface area contributed by atoms with Gasteiger partial charge in [-0.1, -0.05) is 29.8 Å². The smallest absolute Gasteiger partial charge is 0.244 e. The van der Waals surface area contributed by atoms with E-state index in [1.54, 1.807) is 18.2 Å². The van der Waals surface area contributed by atoms with Crippen LogP contribution in [0.5, 0.6) is 0 Å². The molecule has 0 aromatic heterocycles. The number of hydrogen-bond acceptors (Lipinski definition) is 3. The summed E-state index contributed by atoms with van der Waals surface area (Å²) in [6.45, 7) is 0.199. The van der Waals surface area contributed by atoms with Crippen LogP contribution in [0.15, 0.2) is 42.5 Å². The highest BCUT2D eigenvalue weighted by molar-refractivity contribution is 6.34. The van der Waals surface area contributed by atoms with Crippen LogP contribution in [0.3, 0.4) is 0 Å². The number of nitrogens with two attached hydrogens (primary N) is 1. The van der Waals surface area contributed by atoms with Crippen LogP contribution < -0.4 is 16.0 Å². The summed E-state index contributed by atoms with van der Waals surface area (Å²) in [5.41, 5.74) is 8.88. The molecule has 0 atom stereocenters. The van der Waals surface area contributed by atoms with E-state index in [1.165, 1.54) is 0 Å². The van der Waals surface area contributed by atoms with E-state index < -0.39 is 0 Å². The zero-order valence-electron chi connectivity index (χ0n) is 10.1. The summed E-state index contributed by atoms with van der Waals surface area (Å²) in [5, 5.41) is 3.37. The molecule has 3 rings (SSSR count). The first-order chi connectivity index (χ1) is 9.16. The van der Waals surface area contributed by atoms with Gasteiger partial charge in [0.05, 0.1) is 27.8 Å². The van der Waals surface area contributed by atoms with Crippen molar-refractivity contribution in [3.05, 3.63) is 47.5 Å². The van der Waals surface area contributed by atoms with Gasteiger partial charge in [-0.15, -0.1) is 0 Å². The fourth-order valence-electron chi connectivity index (χ4n) is 2.25. The van der Waals surface area contributed by atoms with Crippen molar-refractivity contribution in [3.63, 3.8) is 0 Å². The SMILES string of the molecule is Nc1cccc(Cl)c1N1CC(=O)Nc2ccccc21. The maximum absolute atomic E-state index is 11.8. The predicted molar refractivity (Wildman–Crippen MR) is 77.9 cm³/mol. The van der Waals surface area contributed by atoms with Gasteiger partial charge in [-0.3, -0.25) is 4.79 Å². The van der Waals surface area contributed by atoms with Crippen LogP contribution in [0.2, 0.25) is 5.02 Å². The molecule has 1 aliphatic heterocycles. The van der Waals surface area contributed by atoms with Gasteiger partial charge < -0.3 is 16.0 Å². The lowest BCUT2D eigenvalue weighted by Gasteiger charge is -2.32. The van der Waals surface area contributed by atoms with Crippen LogP contribution >= 0.6 is 11.6 Å².